The maximum Gasteiger partial charge on any atom is 0.131 e. The van der Waals surface area contributed by atoms with Crippen molar-refractivity contribution in [2.75, 3.05) is 0 Å². The Balaban J connectivity index is 2.18. The van der Waals surface area contributed by atoms with E-state index in [-0.39, 0.29) is 5.56 Å². The van der Waals surface area contributed by atoms with Gasteiger partial charge in [-0.1, -0.05) is 18.2 Å². The molecule has 0 radical (unpaired) electrons. The fourth-order valence-electron chi connectivity index (χ4n) is 2.25. The van der Waals surface area contributed by atoms with Crippen LogP contribution in [-0.4, -0.2) is 0 Å². The van der Waals surface area contributed by atoms with Crippen molar-refractivity contribution in [1.82, 2.24) is 0 Å². The zero-order valence-corrected chi connectivity index (χ0v) is 12.6. The molecule has 3 rings (SSSR count). The average Bonchev–Trinajstić information content (AvgIpc) is 2.83. The largest absolute Gasteiger partial charge is 0.320 e. The molecule has 0 saturated heterocycles. The molecule has 2 N–H and O–H groups in total. The lowest BCUT2D eigenvalue weighted by atomic mass is 9.98. The molecule has 0 amide bonds. The molecule has 102 valence electrons. The molecular weight excluding hydrogens is 344 g/mol. The summed E-state index contributed by atoms with van der Waals surface area (Å²) in [4.78, 5) is 0. The van der Waals surface area contributed by atoms with Crippen LogP contribution in [0, 0.1) is 11.6 Å². The third-order valence-electron chi connectivity index (χ3n) is 3.23. The Morgan fingerprint density at radius 2 is 1.70 bits per heavy atom. The number of fused-ring (bicyclic) bond motifs is 1. The Labute approximate surface area is 127 Å². The number of hydrogen-bond donors (Lipinski definition) is 1. The van der Waals surface area contributed by atoms with Gasteiger partial charge in [0, 0.05) is 14.7 Å². The highest BCUT2D eigenvalue weighted by Gasteiger charge is 2.21. The van der Waals surface area contributed by atoms with Crippen molar-refractivity contribution >= 4 is 37.4 Å². The van der Waals surface area contributed by atoms with Crippen molar-refractivity contribution in [3.8, 4) is 0 Å². The first-order valence-electron chi connectivity index (χ1n) is 5.94. The molecule has 2 aromatic carbocycles. The Kier molecular flexibility index (Phi) is 3.58. The van der Waals surface area contributed by atoms with Gasteiger partial charge in [0.05, 0.1) is 6.04 Å². The van der Waals surface area contributed by atoms with Gasteiger partial charge in [0.25, 0.3) is 0 Å². The number of nitrogens with two attached hydrogens (primary N) is 1. The standard InChI is InChI=1S/C15H10BrF2NS/c16-10-4-1-3-8-9(7-20-15(8)10)14(19)13-11(17)5-2-6-12(13)18/h1-7,14H,19H2. The molecule has 1 unspecified atom stereocenters. The first-order valence-corrected chi connectivity index (χ1v) is 7.62. The maximum atomic E-state index is 13.8. The second kappa shape index (κ2) is 5.24. The summed E-state index contributed by atoms with van der Waals surface area (Å²) in [6.07, 6.45) is 0. The van der Waals surface area contributed by atoms with Crippen LogP contribution in [0.1, 0.15) is 17.2 Å². The summed E-state index contributed by atoms with van der Waals surface area (Å²) in [7, 11) is 0. The molecule has 3 aromatic rings. The van der Waals surface area contributed by atoms with E-state index in [0.717, 1.165) is 20.1 Å². The highest BCUT2D eigenvalue weighted by Crippen LogP contribution is 2.37. The third kappa shape index (κ3) is 2.16. The molecular formula is C15H10BrF2NS. The second-order valence-electron chi connectivity index (χ2n) is 4.42. The molecule has 0 bridgehead atoms. The van der Waals surface area contributed by atoms with Gasteiger partial charge in [-0.25, -0.2) is 8.78 Å². The molecule has 5 heteroatoms. The molecule has 0 spiro atoms. The first-order chi connectivity index (χ1) is 9.59. The molecule has 0 aliphatic heterocycles. The quantitative estimate of drug-likeness (QED) is 0.689. The van der Waals surface area contributed by atoms with Gasteiger partial charge in [0.15, 0.2) is 0 Å². The number of halogens is 3. The molecule has 1 heterocycles. The Bertz CT molecular complexity index is 764. The lowest BCUT2D eigenvalue weighted by molar-refractivity contribution is 0.544. The third-order valence-corrected chi connectivity index (χ3v) is 5.20. The van der Waals surface area contributed by atoms with Crippen LogP contribution in [0.2, 0.25) is 0 Å². The number of benzene rings is 2. The highest BCUT2D eigenvalue weighted by molar-refractivity contribution is 9.10. The van der Waals surface area contributed by atoms with Gasteiger partial charge in [0.2, 0.25) is 0 Å². The van der Waals surface area contributed by atoms with Crippen LogP contribution in [-0.2, 0) is 0 Å². The van der Waals surface area contributed by atoms with Crippen LogP contribution in [0.4, 0.5) is 8.78 Å². The predicted octanol–water partition coefficient (Wildman–Crippen LogP) is 4.99. The highest BCUT2D eigenvalue weighted by atomic mass is 79.9. The van der Waals surface area contributed by atoms with Crippen LogP contribution in [0.15, 0.2) is 46.3 Å². The topological polar surface area (TPSA) is 26.0 Å². The summed E-state index contributed by atoms with van der Waals surface area (Å²) in [6.45, 7) is 0. The molecule has 1 nitrogen and oxygen atoms in total. The summed E-state index contributed by atoms with van der Waals surface area (Å²) >= 11 is 4.97. The van der Waals surface area contributed by atoms with E-state index < -0.39 is 17.7 Å². The van der Waals surface area contributed by atoms with Gasteiger partial charge >= 0.3 is 0 Å². The fraction of sp³-hybridized carbons (Fsp3) is 0.0667. The van der Waals surface area contributed by atoms with Crippen LogP contribution in [0.25, 0.3) is 10.1 Å². The van der Waals surface area contributed by atoms with Crippen molar-refractivity contribution in [2.45, 2.75) is 6.04 Å². The minimum atomic E-state index is -0.820. The zero-order chi connectivity index (χ0) is 14.3. The fourth-order valence-corrected chi connectivity index (χ4v) is 3.90. The van der Waals surface area contributed by atoms with E-state index in [2.05, 4.69) is 15.9 Å². The van der Waals surface area contributed by atoms with E-state index >= 15 is 0 Å². The molecule has 1 aromatic heterocycles. The van der Waals surface area contributed by atoms with E-state index in [1.54, 1.807) is 0 Å². The summed E-state index contributed by atoms with van der Waals surface area (Å²) < 4.78 is 29.7. The van der Waals surface area contributed by atoms with Crippen molar-refractivity contribution in [1.29, 1.82) is 0 Å². The van der Waals surface area contributed by atoms with E-state index in [0.29, 0.717) is 0 Å². The summed E-state index contributed by atoms with van der Waals surface area (Å²) in [5, 5.41) is 2.77. The van der Waals surface area contributed by atoms with E-state index in [1.165, 1.54) is 29.5 Å². The van der Waals surface area contributed by atoms with Crippen molar-refractivity contribution < 1.29 is 8.78 Å². The summed E-state index contributed by atoms with van der Waals surface area (Å²) in [5.41, 5.74) is 6.73. The molecule has 0 fully saturated rings. The molecule has 0 aliphatic rings. The smallest absolute Gasteiger partial charge is 0.131 e. The van der Waals surface area contributed by atoms with Crippen molar-refractivity contribution in [3.05, 3.63) is 69.0 Å². The van der Waals surface area contributed by atoms with Crippen LogP contribution in [0.3, 0.4) is 0 Å². The van der Waals surface area contributed by atoms with Crippen LogP contribution >= 0.6 is 27.3 Å². The van der Waals surface area contributed by atoms with Crippen LogP contribution < -0.4 is 5.73 Å². The van der Waals surface area contributed by atoms with E-state index in [9.17, 15) is 8.78 Å². The Morgan fingerprint density at radius 3 is 2.40 bits per heavy atom. The molecule has 20 heavy (non-hydrogen) atoms. The summed E-state index contributed by atoms with van der Waals surface area (Å²) in [6, 6.07) is 8.68. The zero-order valence-electron chi connectivity index (χ0n) is 10.2. The van der Waals surface area contributed by atoms with Gasteiger partial charge in [-0.15, -0.1) is 11.3 Å². The minimum absolute atomic E-state index is 0.0906. The number of thiophene rings is 1. The average molecular weight is 354 g/mol. The molecule has 0 aliphatic carbocycles. The van der Waals surface area contributed by atoms with Crippen LogP contribution in [0.5, 0.6) is 0 Å². The maximum absolute atomic E-state index is 13.8. The normalized spacial score (nSPS) is 12.8. The Hall–Kier alpha value is -1.30. The van der Waals surface area contributed by atoms with Gasteiger partial charge in [-0.3, -0.25) is 0 Å². The van der Waals surface area contributed by atoms with Gasteiger partial charge in [-0.05, 0) is 50.5 Å². The SMILES string of the molecule is NC(c1c(F)cccc1F)c1csc2c(Br)cccc12. The van der Waals surface area contributed by atoms with Gasteiger partial charge in [-0.2, -0.15) is 0 Å². The molecule has 0 saturated carbocycles. The Morgan fingerprint density at radius 1 is 1.05 bits per heavy atom. The second-order valence-corrected chi connectivity index (χ2v) is 6.15. The van der Waals surface area contributed by atoms with Crippen molar-refractivity contribution in [3.63, 3.8) is 0 Å². The van der Waals surface area contributed by atoms with Gasteiger partial charge < -0.3 is 5.73 Å². The van der Waals surface area contributed by atoms with E-state index in [1.807, 2.05) is 23.6 Å². The lowest BCUT2D eigenvalue weighted by Gasteiger charge is -2.13. The first kappa shape index (κ1) is 13.7. The predicted molar refractivity (Wildman–Crippen MR) is 81.9 cm³/mol. The lowest BCUT2D eigenvalue weighted by Crippen LogP contribution is -2.15. The number of rotatable bonds is 2. The monoisotopic (exact) mass is 353 g/mol. The minimum Gasteiger partial charge on any atom is -0.320 e. The number of hydrogen-bond acceptors (Lipinski definition) is 2. The van der Waals surface area contributed by atoms with Gasteiger partial charge in [0.1, 0.15) is 11.6 Å². The van der Waals surface area contributed by atoms with Crippen molar-refractivity contribution in [2.24, 2.45) is 5.73 Å². The summed E-state index contributed by atoms with van der Waals surface area (Å²) in [5.74, 6) is -1.24. The molecule has 1 atom stereocenters. The van der Waals surface area contributed by atoms with E-state index in [4.69, 9.17) is 5.73 Å².